The van der Waals surface area contributed by atoms with Crippen LogP contribution < -0.4 is 10.2 Å². The summed E-state index contributed by atoms with van der Waals surface area (Å²) in [4.78, 5) is 13.9. The number of nitrogens with one attached hydrogen (secondary N) is 1. The van der Waals surface area contributed by atoms with Gasteiger partial charge in [0.15, 0.2) is 0 Å². The molecule has 1 heterocycles. The number of carbonyl (C=O) groups excluding carboxylic acids is 1. The van der Waals surface area contributed by atoms with Crippen LogP contribution in [0, 0.1) is 11.3 Å². The molecule has 1 aliphatic rings. The molecular weight excluding hydrogens is 242 g/mol. The van der Waals surface area contributed by atoms with Crippen LogP contribution in [0.15, 0.2) is 24.3 Å². The highest BCUT2D eigenvalue weighted by Gasteiger charge is 2.32. The van der Waals surface area contributed by atoms with Crippen LogP contribution in [-0.4, -0.2) is 38.8 Å². The molecule has 1 aromatic carbocycles. The van der Waals surface area contributed by atoms with Crippen molar-refractivity contribution in [3.63, 3.8) is 0 Å². The quantitative estimate of drug-likeness (QED) is 0.875. The second-order valence-corrected chi connectivity index (χ2v) is 4.58. The Bertz CT molecular complexity index is 510. The third-order valence-corrected chi connectivity index (χ3v) is 3.44. The van der Waals surface area contributed by atoms with Gasteiger partial charge in [-0.1, -0.05) is 12.1 Å². The summed E-state index contributed by atoms with van der Waals surface area (Å²) in [6.45, 7) is 0.681. The summed E-state index contributed by atoms with van der Waals surface area (Å²) in [5.41, 5.74) is 1.14. The summed E-state index contributed by atoms with van der Waals surface area (Å²) in [5.74, 6) is -0.0396. The lowest BCUT2D eigenvalue weighted by atomic mass is 10.1. The Morgan fingerprint density at radius 3 is 2.89 bits per heavy atom. The average Bonchev–Trinajstić information content (AvgIpc) is 2.94. The van der Waals surface area contributed by atoms with E-state index in [9.17, 15) is 4.79 Å². The molecule has 1 aliphatic heterocycles. The molecular formula is C14H17N3O2. The van der Waals surface area contributed by atoms with Gasteiger partial charge in [0.05, 0.1) is 23.4 Å². The first-order valence-corrected chi connectivity index (χ1v) is 6.20. The van der Waals surface area contributed by atoms with Crippen LogP contribution in [-0.2, 0) is 9.53 Å². The Morgan fingerprint density at radius 2 is 2.26 bits per heavy atom. The van der Waals surface area contributed by atoms with Crippen LogP contribution in [0.5, 0.6) is 0 Å². The number of ether oxygens (including phenoxy) is 1. The van der Waals surface area contributed by atoms with Crippen molar-refractivity contribution in [1.82, 2.24) is 5.32 Å². The van der Waals surface area contributed by atoms with Gasteiger partial charge in [-0.25, -0.2) is 0 Å². The lowest BCUT2D eigenvalue weighted by Crippen LogP contribution is -2.41. The Kier molecular flexibility index (Phi) is 4.15. The van der Waals surface area contributed by atoms with Crippen molar-refractivity contribution in [2.75, 3.05) is 25.6 Å². The number of hydrogen-bond donors (Lipinski definition) is 1. The number of likely N-dealkylation sites (N-methyl/N-ethyl adjacent to an activating group) is 1. The third kappa shape index (κ3) is 2.75. The molecule has 1 aromatic rings. The zero-order valence-corrected chi connectivity index (χ0v) is 11.1. The van der Waals surface area contributed by atoms with Crippen molar-refractivity contribution in [2.24, 2.45) is 0 Å². The number of para-hydroxylation sites is 1. The maximum atomic E-state index is 12.4. The van der Waals surface area contributed by atoms with E-state index in [1.165, 1.54) is 4.90 Å². The fraction of sp³-hybridized carbons (Fsp3) is 0.429. The standard InChI is InChI=1S/C14H17N3O2/c1-17(13-6-4-3-5-10(13)8-15)14(18)12-7-11(19-2)9-16-12/h3-6,11-12,16H,7,9H2,1-2H3. The fourth-order valence-electron chi connectivity index (χ4n) is 2.28. The first-order valence-electron chi connectivity index (χ1n) is 6.20. The van der Waals surface area contributed by atoms with E-state index in [0.717, 1.165) is 0 Å². The molecule has 0 saturated carbocycles. The van der Waals surface area contributed by atoms with Crippen LogP contribution in [0.1, 0.15) is 12.0 Å². The monoisotopic (exact) mass is 259 g/mol. The Balaban J connectivity index is 2.14. The molecule has 1 N–H and O–H groups in total. The fourth-order valence-corrected chi connectivity index (χ4v) is 2.28. The van der Waals surface area contributed by atoms with Crippen LogP contribution in [0.3, 0.4) is 0 Å². The maximum Gasteiger partial charge on any atom is 0.243 e. The molecule has 0 bridgehead atoms. The summed E-state index contributed by atoms with van der Waals surface area (Å²) in [6.07, 6.45) is 0.738. The van der Waals surface area contributed by atoms with Crippen LogP contribution in [0.4, 0.5) is 5.69 Å². The molecule has 2 atom stereocenters. The summed E-state index contributed by atoms with van der Waals surface area (Å²) in [6, 6.07) is 8.95. The predicted octanol–water partition coefficient (Wildman–Crippen LogP) is 0.898. The highest BCUT2D eigenvalue weighted by Crippen LogP contribution is 2.21. The minimum absolute atomic E-state index is 0.0396. The van der Waals surface area contributed by atoms with Gasteiger partial charge in [0, 0.05) is 20.7 Å². The van der Waals surface area contributed by atoms with E-state index in [0.29, 0.717) is 24.2 Å². The number of hydrogen-bond acceptors (Lipinski definition) is 4. The number of anilines is 1. The van der Waals surface area contributed by atoms with Crippen LogP contribution in [0.25, 0.3) is 0 Å². The molecule has 0 spiro atoms. The number of carbonyl (C=O) groups is 1. The Hall–Kier alpha value is -1.90. The second kappa shape index (κ2) is 5.83. The second-order valence-electron chi connectivity index (χ2n) is 4.58. The first kappa shape index (κ1) is 13.5. The average molecular weight is 259 g/mol. The van der Waals surface area contributed by atoms with E-state index in [4.69, 9.17) is 10.00 Å². The molecule has 0 aromatic heterocycles. The SMILES string of the molecule is COC1CNC(C(=O)N(C)c2ccccc2C#N)C1. The molecule has 1 fully saturated rings. The van der Waals surface area contributed by atoms with Gasteiger partial charge in [-0.15, -0.1) is 0 Å². The van der Waals surface area contributed by atoms with Crippen molar-refractivity contribution in [1.29, 1.82) is 5.26 Å². The van der Waals surface area contributed by atoms with E-state index in [1.54, 1.807) is 32.4 Å². The smallest absolute Gasteiger partial charge is 0.243 e. The molecule has 0 radical (unpaired) electrons. The summed E-state index contributed by atoms with van der Waals surface area (Å²) >= 11 is 0. The number of methoxy groups -OCH3 is 1. The lowest BCUT2D eigenvalue weighted by Gasteiger charge is -2.22. The van der Waals surface area contributed by atoms with E-state index in [-0.39, 0.29) is 18.1 Å². The van der Waals surface area contributed by atoms with E-state index < -0.39 is 0 Å². The first-order chi connectivity index (χ1) is 9.17. The highest BCUT2D eigenvalue weighted by molar-refractivity contribution is 5.98. The predicted molar refractivity (Wildman–Crippen MR) is 71.8 cm³/mol. The van der Waals surface area contributed by atoms with E-state index in [2.05, 4.69) is 11.4 Å². The summed E-state index contributed by atoms with van der Waals surface area (Å²) < 4.78 is 5.24. The lowest BCUT2D eigenvalue weighted by molar-refractivity contribution is -0.120. The van der Waals surface area contributed by atoms with Gasteiger partial charge in [-0.3, -0.25) is 4.79 Å². The molecule has 2 unspecified atom stereocenters. The molecule has 5 nitrogen and oxygen atoms in total. The molecule has 0 aliphatic carbocycles. The van der Waals surface area contributed by atoms with Crippen molar-refractivity contribution in [3.8, 4) is 6.07 Å². The zero-order valence-electron chi connectivity index (χ0n) is 11.1. The third-order valence-electron chi connectivity index (χ3n) is 3.44. The van der Waals surface area contributed by atoms with Crippen molar-refractivity contribution >= 4 is 11.6 Å². The van der Waals surface area contributed by atoms with Crippen LogP contribution >= 0.6 is 0 Å². The van der Waals surface area contributed by atoms with Crippen molar-refractivity contribution in [2.45, 2.75) is 18.6 Å². The number of benzene rings is 1. The van der Waals surface area contributed by atoms with Gasteiger partial charge in [0.1, 0.15) is 6.07 Å². The molecule has 100 valence electrons. The number of rotatable bonds is 3. The minimum atomic E-state index is -0.248. The molecule has 5 heteroatoms. The van der Waals surface area contributed by atoms with E-state index in [1.807, 2.05) is 6.07 Å². The largest absolute Gasteiger partial charge is 0.380 e. The number of amides is 1. The Morgan fingerprint density at radius 1 is 1.53 bits per heavy atom. The Labute approximate surface area is 112 Å². The van der Waals surface area contributed by atoms with Gasteiger partial charge in [-0.2, -0.15) is 5.26 Å². The number of nitrogens with zero attached hydrogens (tertiary/aromatic N) is 2. The van der Waals surface area contributed by atoms with Gasteiger partial charge < -0.3 is 15.0 Å². The molecule has 19 heavy (non-hydrogen) atoms. The minimum Gasteiger partial charge on any atom is -0.380 e. The van der Waals surface area contributed by atoms with Gasteiger partial charge >= 0.3 is 0 Å². The normalized spacial score (nSPS) is 21.9. The highest BCUT2D eigenvalue weighted by atomic mass is 16.5. The van der Waals surface area contributed by atoms with Gasteiger partial charge in [-0.05, 0) is 18.6 Å². The topological polar surface area (TPSA) is 65.4 Å². The summed E-state index contributed by atoms with van der Waals surface area (Å²) in [5, 5.41) is 12.2. The van der Waals surface area contributed by atoms with Gasteiger partial charge in [0.2, 0.25) is 5.91 Å². The zero-order chi connectivity index (χ0) is 13.8. The molecule has 1 amide bonds. The summed E-state index contributed by atoms with van der Waals surface area (Å²) in [7, 11) is 3.34. The van der Waals surface area contributed by atoms with Gasteiger partial charge in [0.25, 0.3) is 0 Å². The number of nitriles is 1. The molecule has 2 rings (SSSR count). The molecule has 1 saturated heterocycles. The van der Waals surface area contributed by atoms with E-state index >= 15 is 0 Å². The van der Waals surface area contributed by atoms with Crippen LogP contribution in [0.2, 0.25) is 0 Å². The maximum absolute atomic E-state index is 12.4. The van der Waals surface area contributed by atoms with Crippen molar-refractivity contribution in [3.05, 3.63) is 29.8 Å². The van der Waals surface area contributed by atoms with Crippen molar-refractivity contribution < 1.29 is 9.53 Å².